The quantitative estimate of drug-likeness (QED) is 0.263. The summed E-state index contributed by atoms with van der Waals surface area (Å²) in [6.45, 7) is 2.71. The van der Waals surface area contributed by atoms with Crippen LogP contribution in [0.15, 0.2) is 103 Å². The van der Waals surface area contributed by atoms with E-state index in [1.54, 1.807) is 12.3 Å². The van der Waals surface area contributed by atoms with Gasteiger partial charge in [-0.05, 0) is 59.4 Å². The third kappa shape index (κ3) is 5.10. The highest BCUT2D eigenvalue weighted by Crippen LogP contribution is 2.39. The zero-order chi connectivity index (χ0) is 25.1. The normalized spacial score (nSPS) is 11.6. The maximum Gasteiger partial charge on any atom is 0.418 e. The van der Waals surface area contributed by atoms with Crippen LogP contribution in [0.1, 0.15) is 27.8 Å². The van der Waals surface area contributed by atoms with E-state index < -0.39 is 11.7 Å². The average molecular weight is 483 g/mol. The van der Waals surface area contributed by atoms with E-state index in [2.05, 4.69) is 35.4 Å². The number of fused-ring (bicyclic) bond motifs is 1. The summed E-state index contributed by atoms with van der Waals surface area (Å²) < 4.78 is 41.4. The minimum absolute atomic E-state index is 0.0325. The van der Waals surface area contributed by atoms with Crippen molar-refractivity contribution in [3.63, 3.8) is 0 Å². The van der Waals surface area contributed by atoms with E-state index in [0.717, 1.165) is 39.6 Å². The Morgan fingerprint density at radius 2 is 1.53 bits per heavy atom. The summed E-state index contributed by atoms with van der Waals surface area (Å²) >= 11 is 0. The van der Waals surface area contributed by atoms with Gasteiger partial charge in [-0.25, -0.2) is 0 Å². The Labute approximate surface area is 208 Å². The second-order valence-electron chi connectivity index (χ2n) is 8.94. The molecule has 5 aromatic rings. The summed E-state index contributed by atoms with van der Waals surface area (Å²) in [4.78, 5) is 4.30. The first-order valence-electron chi connectivity index (χ1n) is 11.8. The first-order chi connectivity index (χ1) is 17.4. The predicted octanol–water partition coefficient (Wildman–Crippen LogP) is 8.43. The summed E-state index contributed by atoms with van der Waals surface area (Å²) in [6, 6.07) is 30.3. The van der Waals surface area contributed by atoms with Gasteiger partial charge in [-0.2, -0.15) is 13.2 Å². The largest absolute Gasteiger partial charge is 0.418 e. The van der Waals surface area contributed by atoms with Crippen molar-refractivity contribution in [1.82, 2.24) is 4.98 Å². The van der Waals surface area contributed by atoms with Crippen molar-refractivity contribution < 1.29 is 13.2 Å². The van der Waals surface area contributed by atoms with Crippen LogP contribution in [0.2, 0.25) is 0 Å². The maximum absolute atomic E-state index is 13.8. The molecule has 180 valence electrons. The molecule has 5 heteroatoms. The molecule has 0 saturated carbocycles. The zero-order valence-electron chi connectivity index (χ0n) is 19.8. The SMILES string of the molecule is Cc1cccc(CNc2cccc(-c3c(Cc4ccccc4)cnc4c(C(F)(F)F)cccc34)c2)c1. The summed E-state index contributed by atoms with van der Waals surface area (Å²) in [5, 5.41) is 3.95. The van der Waals surface area contributed by atoms with Crippen molar-refractivity contribution in [1.29, 1.82) is 0 Å². The molecule has 0 saturated heterocycles. The number of hydrogen-bond donors (Lipinski definition) is 1. The standard InChI is InChI=1S/C31H25F3N2/c1-21-8-5-11-23(16-21)19-35-26-13-6-12-24(18-26)29-25(17-22-9-3-2-4-10-22)20-36-30-27(29)14-7-15-28(30)31(32,33)34/h2-16,18,20,35H,17,19H2,1H3. The van der Waals surface area contributed by atoms with Gasteiger partial charge in [0.25, 0.3) is 0 Å². The molecule has 5 rings (SSSR count). The van der Waals surface area contributed by atoms with Crippen molar-refractivity contribution in [2.45, 2.75) is 26.1 Å². The number of aryl methyl sites for hydroxylation is 1. The Bertz CT molecular complexity index is 1510. The number of anilines is 1. The monoisotopic (exact) mass is 482 g/mol. The van der Waals surface area contributed by atoms with Gasteiger partial charge in [0.1, 0.15) is 0 Å². The molecular formula is C31H25F3N2. The van der Waals surface area contributed by atoms with Gasteiger partial charge in [-0.15, -0.1) is 0 Å². The lowest BCUT2D eigenvalue weighted by Gasteiger charge is -2.17. The van der Waals surface area contributed by atoms with Crippen molar-refractivity contribution in [2.24, 2.45) is 0 Å². The van der Waals surface area contributed by atoms with Gasteiger partial charge < -0.3 is 5.32 Å². The van der Waals surface area contributed by atoms with Crippen LogP contribution in [0.3, 0.4) is 0 Å². The molecule has 0 fully saturated rings. The summed E-state index contributed by atoms with van der Waals surface area (Å²) in [5.74, 6) is 0. The van der Waals surface area contributed by atoms with Gasteiger partial charge in [0.15, 0.2) is 0 Å². The van der Waals surface area contributed by atoms with E-state index in [-0.39, 0.29) is 5.52 Å². The Balaban J connectivity index is 1.61. The Kier molecular flexibility index (Phi) is 6.47. The fourth-order valence-electron chi connectivity index (χ4n) is 4.59. The van der Waals surface area contributed by atoms with E-state index in [9.17, 15) is 13.2 Å². The number of nitrogens with zero attached hydrogens (tertiary/aromatic N) is 1. The number of nitrogens with one attached hydrogen (secondary N) is 1. The number of benzene rings is 4. The van der Waals surface area contributed by atoms with Crippen LogP contribution >= 0.6 is 0 Å². The van der Waals surface area contributed by atoms with E-state index in [0.29, 0.717) is 18.4 Å². The topological polar surface area (TPSA) is 24.9 Å². The molecule has 4 aromatic carbocycles. The number of hydrogen-bond acceptors (Lipinski definition) is 2. The second kappa shape index (κ2) is 9.86. The van der Waals surface area contributed by atoms with Gasteiger partial charge in [-0.3, -0.25) is 4.98 Å². The van der Waals surface area contributed by atoms with E-state index in [4.69, 9.17) is 0 Å². The minimum Gasteiger partial charge on any atom is -0.381 e. The number of pyridine rings is 1. The Morgan fingerprint density at radius 1 is 0.778 bits per heavy atom. The smallest absolute Gasteiger partial charge is 0.381 e. The summed E-state index contributed by atoms with van der Waals surface area (Å²) in [5.41, 5.74) is 6.07. The zero-order valence-corrected chi connectivity index (χ0v) is 19.8. The van der Waals surface area contributed by atoms with Crippen molar-refractivity contribution in [2.75, 3.05) is 5.32 Å². The molecule has 0 unspecified atom stereocenters. The van der Waals surface area contributed by atoms with Gasteiger partial charge in [0.05, 0.1) is 11.1 Å². The van der Waals surface area contributed by atoms with Gasteiger partial charge in [0.2, 0.25) is 0 Å². The highest BCUT2D eigenvalue weighted by molar-refractivity contribution is 5.98. The van der Waals surface area contributed by atoms with Crippen LogP contribution in [0, 0.1) is 6.92 Å². The molecule has 0 aliphatic rings. The lowest BCUT2D eigenvalue weighted by atomic mass is 9.91. The minimum atomic E-state index is -4.48. The number of rotatable bonds is 6. The van der Waals surface area contributed by atoms with Crippen molar-refractivity contribution >= 4 is 16.6 Å². The van der Waals surface area contributed by atoms with Crippen molar-refractivity contribution in [3.8, 4) is 11.1 Å². The molecule has 0 bridgehead atoms. The average Bonchev–Trinajstić information content (AvgIpc) is 2.87. The van der Waals surface area contributed by atoms with Crippen LogP contribution in [0.25, 0.3) is 22.0 Å². The second-order valence-corrected chi connectivity index (χ2v) is 8.94. The first-order valence-corrected chi connectivity index (χ1v) is 11.8. The number of alkyl halides is 3. The molecule has 2 nitrogen and oxygen atoms in total. The third-order valence-electron chi connectivity index (χ3n) is 6.25. The van der Waals surface area contributed by atoms with Crippen LogP contribution in [-0.4, -0.2) is 4.98 Å². The molecule has 36 heavy (non-hydrogen) atoms. The number of aromatic nitrogens is 1. The summed E-state index contributed by atoms with van der Waals surface area (Å²) in [6.07, 6.45) is -2.33. The molecule has 0 aliphatic carbocycles. The van der Waals surface area contributed by atoms with E-state index >= 15 is 0 Å². The van der Waals surface area contributed by atoms with Crippen LogP contribution < -0.4 is 5.32 Å². The lowest BCUT2D eigenvalue weighted by molar-refractivity contribution is -0.136. The lowest BCUT2D eigenvalue weighted by Crippen LogP contribution is -2.07. The molecule has 0 radical (unpaired) electrons. The highest BCUT2D eigenvalue weighted by Gasteiger charge is 2.33. The van der Waals surface area contributed by atoms with E-state index in [1.807, 2.05) is 60.7 Å². The number of para-hydroxylation sites is 1. The van der Waals surface area contributed by atoms with Crippen molar-refractivity contribution in [3.05, 3.63) is 131 Å². The molecule has 0 aliphatic heterocycles. The molecule has 1 aromatic heterocycles. The fraction of sp³-hybridized carbons (Fsp3) is 0.129. The van der Waals surface area contributed by atoms with Gasteiger partial charge in [0, 0.05) is 23.8 Å². The molecule has 1 heterocycles. The maximum atomic E-state index is 13.8. The molecule has 0 amide bonds. The molecule has 1 N–H and O–H groups in total. The highest BCUT2D eigenvalue weighted by atomic mass is 19.4. The number of halogens is 3. The molecule has 0 atom stereocenters. The third-order valence-corrected chi connectivity index (χ3v) is 6.25. The Morgan fingerprint density at radius 3 is 2.31 bits per heavy atom. The van der Waals surface area contributed by atoms with Crippen LogP contribution in [0.5, 0.6) is 0 Å². The van der Waals surface area contributed by atoms with E-state index in [1.165, 1.54) is 11.6 Å². The Hall–Kier alpha value is -4.12. The van der Waals surface area contributed by atoms with Crippen LogP contribution in [0.4, 0.5) is 18.9 Å². The molecular weight excluding hydrogens is 457 g/mol. The summed E-state index contributed by atoms with van der Waals surface area (Å²) in [7, 11) is 0. The fourth-order valence-corrected chi connectivity index (χ4v) is 4.59. The van der Waals surface area contributed by atoms with Gasteiger partial charge >= 0.3 is 6.18 Å². The van der Waals surface area contributed by atoms with Crippen LogP contribution in [-0.2, 0) is 19.1 Å². The molecule has 0 spiro atoms. The first kappa shape index (κ1) is 23.6. The predicted molar refractivity (Wildman–Crippen MR) is 140 cm³/mol. The van der Waals surface area contributed by atoms with Gasteiger partial charge in [-0.1, -0.05) is 84.4 Å².